The topological polar surface area (TPSA) is 77.8 Å². The van der Waals surface area contributed by atoms with Crippen molar-refractivity contribution in [1.82, 2.24) is 0 Å². The molecule has 42 valence electrons. The Kier molecular flexibility index (Phi) is 14.6. The van der Waals surface area contributed by atoms with E-state index in [-0.39, 0.29) is 66.2 Å². The Morgan fingerprint density at radius 1 is 1.14 bits per heavy atom. The number of phosphoric acid groups is 1. The molecule has 0 saturated carbocycles. The molecule has 7 heteroatoms. The molecule has 0 aromatic carbocycles. The van der Waals surface area contributed by atoms with Gasteiger partial charge < -0.3 is 14.7 Å². The van der Waals surface area contributed by atoms with Crippen LogP contribution in [0.25, 0.3) is 0 Å². The summed E-state index contributed by atoms with van der Waals surface area (Å²) in [5, 5.41) is 0. The molecule has 0 fully saturated rings. The Bertz CT molecular complexity index is 57.8. The first kappa shape index (κ1) is 16.1. The van der Waals surface area contributed by atoms with E-state index in [0.29, 0.717) is 0 Å². The molecule has 0 heterocycles. The molecule has 0 aromatic rings. The van der Waals surface area contributed by atoms with Gasteiger partial charge >= 0.3 is 56.7 Å². The quantitative estimate of drug-likeness (QED) is 0.322. The average molecular weight is 267 g/mol. The Hall–Kier alpha value is 2.21. The van der Waals surface area contributed by atoms with Crippen LogP contribution in [0.15, 0.2) is 0 Å². The fraction of sp³-hybridized carbons (Fsp3) is 0. The van der Waals surface area contributed by atoms with Crippen molar-refractivity contribution in [2.75, 3.05) is 0 Å². The summed E-state index contributed by atoms with van der Waals surface area (Å²) >= 11 is 0. The van der Waals surface area contributed by atoms with Crippen molar-refractivity contribution in [2.45, 2.75) is 0 Å². The Morgan fingerprint density at radius 2 is 1.14 bits per heavy atom. The van der Waals surface area contributed by atoms with E-state index in [1.54, 1.807) is 0 Å². The molecule has 0 bridgehead atoms. The Balaban J connectivity index is -0.0000000800. The first-order chi connectivity index (χ1) is 2.00. The molecular formula is H8AlBaO4P. The summed E-state index contributed by atoms with van der Waals surface area (Å²) in [7, 11) is -4.64. The third kappa shape index (κ3) is 64.7. The van der Waals surface area contributed by atoms with E-state index in [4.69, 9.17) is 19.2 Å². The van der Waals surface area contributed by atoms with E-state index >= 15 is 0 Å². The zero-order valence-corrected chi connectivity index (χ0v) is 3.09. The van der Waals surface area contributed by atoms with Crippen molar-refractivity contribution < 1.29 is 19.2 Å². The summed E-state index contributed by atoms with van der Waals surface area (Å²) in [6.07, 6.45) is 0. The van der Waals surface area contributed by atoms with Gasteiger partial charge in [-0.3, -0.25) is 0 Å². The molecule has 0 amide bonds. The van der Waals surface area contributed by atoms with Crippen LogP contribution in [0, 0.1) is 0 Å². The molecule has 3 N–H and O–H groups in total. The summed E-state index contributed by atoms with van der Waals surface area (Å²) in [5.74, 6) is 0. The molecule has 0 radical (unpaired) electrons. The van der Waals surface area contributed by atoms with E-state index in [1.807, 2.05) is 0 Å². The van der Waals surface area contributed by atoms with Crippen molar-refractivity contribution in [2.24, 2.45) is 0 Å². The van der Waals surface area contributed by atoms with Gasteiger partial charge in [-0.05, 0) is 0 Å². The van der Waals surface area contributed by atoms with E-state index in [9.17, 15) is 0 Å². The van der Waals surface area contributed by atoms with Crippen molar-refractivity contribution in [3.8, 4) is 0 Å². The Labute approximate surface area is 91.8 Å². The molecule has 0 rings (SSSR count). The summed E-state index contributed by atoms with van der Waals surface area (Å²) < 4.78 is 8.88. The van der Waals surface area contributed by atoms with Crippen LogP contribution in [0.4, 0.5) is 0 Å². The molecule has 0 atom stereocenters. The maximum atomic E-state index is 8.88. The predicted molar refractivity (Wildman–Crippen MR) is 32.7 cm³/mol. The van der Waals surface area contributed by atoms with Gasteiger partial charge in [-0.2, -0.15) is 0 Å². The van der Waals surface area contributed by atoms with Gasteiger partial charge in [0.2, 0.25) is 0 Å². The molecule has 0 spiro atoms. The van der Waals surface area contributed by atoms with Gasteiger partial charge in [-0.1, -0.05) is 0 Å². The summed E-state index contributed by atoms with van der Waals surface area (Å²) in [6.45, 7) is 0. The maximum absolute atomic E-state index is 8.88. The molecule has 0 aliphatic rings. The van der Waals surface area contributed by atoms with Crippen LogP contribution in [0.5, 0.6) is 0 Å². The standard InChI is InChI=1S/Al.Ba.H3O4P.5H/c;;1-5(2,3)4;;;;;/h;;(H3,1,2,3,4);;;;;. The van der Waals surface area contributed by atoms with Gasteiger partial charge in [0, 0.05) is 0 Å². The average Bonchev–Trinajstić information content (AvgIpc) is 0.722. The van der Waals surface area contributed by atoms with Crippen LogP contribution >= 0.6 is 7.82 Å². The van der Waals surface area contributed by atoms with Crippen LogP contribution in [0.1, 0.15) is 0 Å². The second-order valence-electron chi connectivity index (χ2n) is 0.513. The van der Waals surface area contributed by atoms with Crippen molar-refractivity contribution in [3.63, 3.8) is 0 Å². The molecule has 0 aliphatic heterocycles. The molecular weight excluding hydrogens is 259 g/mol. The second-order valence-corrected chi connectivity index (χ2v) is 1.54. The molecule has 0 saturated heterocycles. The van der Waals surface area contributed by atoms with E-state index < -0.39 is 7.82 Å². The fourth-order valence-corrected chi connectivity index (χ4v) is 0. The number of hydrogen-bond donors (Lipinski definition) is 3. The first-order valence-electron chi connectivity index (χ1n) is 0.783. The zero-order chi connectivity index (χ0) is 4.50. The van der Waals surface area contributed by atoms with Gasteiger partial charge in [-0.25, -0.2) is 4.57 Å². The molecule has 7 heavy (non-hydrogen) atoms. The molecule has 0 aliphatic carbocycles. The number of rotatable bonds is 0. The van der Waals surface area contributed by atoms with Crippen LogP contribution in [-0.2, 0) is 4.57 Å². The third-order valence-electron chi connectivity index (χ3n) is 0. The van der Waals surface area contributed by atoms with E-state index in [0.717, 1.165) is 0 Å². The van der Waals surface area contributed by atoms with E-state index in [1.165, 1.54) is 0 Å². The molecule has 0 unspecified atom stereocenters. The minimum atomic E-state index is -4.64. The van der Waals surface area contributed by atoms with Crippen molar-refractivity contribution >= 4 is 74.1 Å². The SMILES string of the molecule is O=P(O)(O)O.[AlH3].[BaH2]. The van der Waals surface area contributed by atoms with Crippen molar-refractivity contribution in [1.29, 1.82) is 0 Å². The van der Waals surface area contributed by atoms with Gasteiger partial charge in [0.25, 0.3) is 0 Å². The molecule has 0 aromatic heterocycles. The molecule has 4 nitrogen and oxygen atoms in total. The first-order valence-corrected chi connectivity index (χ1v) is 2.35. The normalized spacial score (nSPS) is 8.43. The minimum absolute atomic E-state index is 0. The van der Waals surface area contributed by atoms with Gasteiger partial charge in [-0.15, -0.1) is 0 Å². The van der Waals surface area contributed by atoms with Crippen LogP contribution < -0.4 is 0 Å². The summed E-state index contributed by atoms with van der Waals surface area (Å²) in [4.78, 5) is 21.6. The van der Waals surface area contributed by atoms with Crippen LogP contribution in [0.2, 0.25) is 0 Å². The summed E-state index contributed by atoms with van der Waals surface area (Å²) in [6, 6.07) is 0. The van der Waals surface area contributed by atoms with E-state index in [2.05, 4.69) is 0 Å². The predicted octanol–water partition coefficient (Wildman–Crippen LogP) is -3.03. The Morgan fingerprint density at radius 3 is 1.14 bits per heavy atom. The van der Waals surface area contributed by atoms with Gasteiger partial charge in [0.05, 0.1) is 0 Å². The zero-order valence-electron chi connectivity index (χ0n) is 2.20. The van der Waals surface area contributed by atoms with Crippen LogP contribution in [-0.4, -0.2) is 80.9 Å². The summed E-state index contributed by atoms with van der Waals surface area (Å²) in [5.41, 5.74) is 0. The number of hydrogen-bond acceptors (Lipinski definition) is 1. The third-order valence-corrected chi connectivity index (χ3v) is 0. The van der Waals surface area contributed by atoms with Crippen molar-refractivity contribution in [3.05, 3.63) is 0 Å². The monoisotopic (exact) mass is 268 g/mol. The van der Waals surface area contributed by atoms with Crippen LogP contribution in [0.3, 0.4) is 0 Å². The second kappa shape index (κ2) is 6.34. The van der Waals surface area contributed by atoms with Gasteiger partial charge in [0.15, 0.2) is 17.4 Å². The van der Waals surface area contributed by atoms with Gasteiger partial charge in [0.1, 0.15) is 0 Å². The fourth-order valence-electron chi connectivity index (χ4n) is 0.